The van der Waals surface area contributed by atoms with Crippen LogP contribution in [-0.4, -0.2) is 0 Å². The van der Waals surface area contributed by atoms with E-state index in [9.17, 15) is 0 Å². The van der Waals surface area contributed by atoms with E-state index in [1.165, 1.54) is 80.2 Å². The summed E-state index contributed by atoms with van der Waals surface area (Å²) < 4.78 is -1.88. The van der Waals surface area contributed by atoms with Crippen LogP contribution >= 0.6 is 39.5 Å². The molecular weight excluding hydrogens is 375 g/mol. The Bertz CT molecular complexity index is 496. The quantitative estimate of drug-likeness (QED) is 0.204. The molecule has 0 heterocycles. The first-order valence-electron chi connectivity index (χ1n) is 8.83. The first-order chi connectivity index (χ1) is 11.0. The molecule has 0 amide bonds. The second-order valence-electron chi connectivity index (χ2n) is 6.10. The van der Waals surface area contributed by atoms with E-state index in [0.717, 1.165) is 0 Å². The van der Waals surface area contributed by atoms with Gasteiger partial charge >= 0.3 is 0 Å². The number of rotatable bonds is 12. The van der Waals surface area contributed by atoms with Crippen LogP contribution in [0.15, 0.2) is 23.1 Å². The van der Waals surface area contributed by atoms with Gasteiger partial charge in [-0.3, -0.25) is 0 Å². The van der Waals surface area contributed by atoms with E-state index in [-0.39, 0.29) is 0 Å². The number of aryl methyl sites for hydroxylation is 1. The van der Waals surface area contributed by atoms with Gasteiger partial charge in [-0.25, -0.2) is 0 Å². The number of benzene rings is 1. The van der Waals surface area contributed by atoms with Crippen LogP contribution < -0.4 is 0 Å². The van der Waals surface area contributed by atoms with E-state index in [1.807, 2.05) is 0 Å². The Labute approximate surface area is 163 Å². The van der Waals surface area contributed by atoms with Crippen LogP contribution in [-0.2, 0) is 24.6 Å². The molecule has 0 nitrogen and oxygen atoms in total. The second kappa shape index (κ2) is 12.3. The molecule has 0 aromatic heterocycles. The summed E-state index contributed by atoms with van der Waals surface area (Å²) in [4.78, 5) is 1.32. The lowest BCUT2D eigenvalue weighted by Gasteiger charge is -2.17. The van der Waals surface area contributed by atoms with Gasteiger partial charge in [0.1, 0.15) is 3.64 Å². The zero-order chi connectivity index (χ0) is 17.1. The molecule has 0 bridgehead atoms. The molecule has 0 saturated heterocycles. The largest absolute Gasteiger partial charge is 0.121 e. The summed E-state index contributed by atoms with van der Waals surface area (Å²) >= 11 is 16.2. The van der Waals surface area contributed by atoms with Crippen molar-refractivity contribution in [3.05, 3.63) is 29.3 Å². The number of thiol groups is 2. The summed E-state index contributed by atoms with van der Waals surface area (Å²) in [5.74, 6) is 0. The highest BCUT2D eigenvalue weighted by Gasteiger charge is 2.14. The zero-order valence-electron chi connectivity index (χ0n) is 14.5. The van der Waals surface area contributed by atoms with Crippen molar-refractivity contribution in [1.29, 1.82) is 0 Å². The van der Waals surface area contributed by atoms with Crippen LogP contribution in [0.3, 0.4) is 0 Å². The first kappa shape index (κ1) is 22.0. The van der Waals surface area contributed by atoms with E-state index < -0.39 is 3.64 Å². The Balaban J connectivity index is 2.83. The molecule has 0 aliphatic rings. The van der Waals surface area contributed by atoms with Crippen LogP contribution in [0.4, 0.5) is 0 Å². The smallest absolute Gasteiger partial charge is 0.108 e. The van der Waals surface area contributed by atoms with Crippen molar-refractivity contribution in [1.82, 2.24) is 0 Å². The van der Waals surface area contributed by atoms with E-state index in [0.29, 0.717) is 0 Å². The highest BCUT2D eigenvalue weighted by molar-refractivity contribution is 9.17. The minimum Gasteiger partial charge on any atom is -0.121 e. The van der Waals surface area contributed by atoms with Crippen LogP contribution in [0.1, 0.15) is 76.3 Å². The Hall–Kier alpha value is 0.920. The average Bonchev–Trinajstić information content (AvgIpc) is 2.48. The maximum absolute atomic E-state index is 5.45. The number of hydrogen-bond donors (Lipinski definition) is 2. The SMILES string of the molecule is CCCCCCc1cccc(SP(=S)(S)S)c1CCCCCC. The molecule has 0 aliphatic heterocycles. The lowest BCUT2D eigenvalue weighted by atomic mass is 9.96. The molecule has 0 spiro atoms. The Morgan fingerprint density at radius 1 is 0.913 bits per heavy atom. The van der Waals surface area contributed by atoms with Gasteiger partial charge in [0.2, 0.25) is 0 Å². The van der Waals surface area contributed by atoms with Gasteiger partial charge < -0.3 is 0 Å². The molecule has 0 atom stereocenters. The maximum Gasteiger partial charge on any atom is 0.108 e. The Morgan fingerprint density at radius 2 is 1.52 bits per heavy atom. The van der Waals surface area contributed by atoms with Crippen LogP contribution in [0.2, 0.25) is 0 Å². The molecule has 0 unspecified atom stereocenters. The molecule has 5 heteroatoms. The van der Waals surface area contributed by atoms with Gasteiger partial charge in [-0.15, -0.1) is 24.5 Å². The summed E-state index contributed by atoms with van der Waals surface area (Å²) in [6.45, 7) is 4.53. The van der Waals surface area contributed by atoms with Crippen LogP contribution in [0.25, 0.3) is 0 Å². The monoisotopic (exact) mass is 406 g/mol. The lowest BCUT2D eigenvalue weighted by Crippen LogP contribution is -1.98. The predicted molar refractivity (Wildman–Crippen MR) is 120 cm³/mol. The van der Waals surface area contributed by atoms with Crippen molar-refractivity contribution >= 4 is 51.3 Å². The molecule has 1 rings (SSSR count). The predicted octanol–water partition coefficient (Wildman–Crippen LogP) is 8.11. The maximum atomic E-state index is 5.45. The molecule has 0 fully saturated rings. The summed E-state index contributed by atoms with van der Waals surface area (Å²) in [5.41, 5.74) is 3.04. The molecule has 0 N–H and O–H groups in total. The Morgan fingerprint density at radius 3 is 2.09 bits per heavy atom. The normalized spacial score (nSPS) is 11.8. The fourth-order valence-electron chi connectivity index (χ4n) is 2.81. The molecule has 0 aliphatic carbocycles. The Kier molecular flexibility index (Phi) is 11.7. The van der Waals surface area contributed by atoms with Gasteiger partial charge in [-0.2, -0.15) is 0 Å². The van der Waals surface area contributed by atoms with E-state index >= 15 is 0 Å². The van der Waals surface area contributed by atoms with E-state index in [4.69, 9.17) is 11.8 Å². The summed E-state index contributed by atoms with van der Waals surface area (Å²) in [6, 6.07) is 6.70. The molecular formula is C18H31PS4. The molecule has 132 valence electrons. The standard InChI is InChI=1S/C18H31PS4/c1-3-5-7-9-12-16-13-11-15-18(23-19(20,21)22)17(16)14-10-8-6-4-2/h11,13,15H,3-10,12,14H2,1-2H3,(H2,20,21,22). The van der Waals surface area contributed by atoms with Crippen molar-refractivity contribution in [3.63, 3.8) is 0 Å². The molecule has 1 aromatic rings. The van der Waals surface area contributed by atoms with Crippen molar-refractivity contribution < 1.29 is 0 Å². The van der Waals surface area contributed by atoms with Crippen molar-refractivity contribution in [2.24, 2.45) is 0 Å². The van der Waals surface area contributed by atoms with Gasteiger partial charge in [0, 0.05) is 4.90 Å². The third-order valence-corrected chi connectivity index (χ3v) is 8.29. The van der Waals surface area contributed by atoms with E-state index in [2.05, 4.69) is 56.5 Å². The second-order valence-corrected chi connectivity index (χ2v) is 20.0. The summed E-state index contributed by atoms with van der Waals surface area (Å²) in [6.07, 6.45) is 12.8. The van der Waals surface area contributed by atoms with Crippen molar-refractivity contribution in [2.75, 3.05) is 0 Å². The molecule has 0 saturated carbocycles. The van der Waals surface area contributed by atoms with Gasteiger partial charge in [-0.1, -0.05) is 87.7 Å². The minimum atomic E-state index is -1.88. The van der Waals surface area contributed by atoms with Crippen molar-refractivity contribution in [2.45, 2.75) is 83.0 Å². The van der Waals surface area contributed by atoms with Gasteiger partial charge in [0.15, 0.2) is 0 Å². The average molecular weight is 407 g/mol. The van der Waals surface area contributed by atoms with Gasteiger partial charge in [0.25, 0.3) is 0 Å². The molecule has 0 radical (unpaired) electrons. The highest BCUT2D eigenvalue weighted by atomic mass is 33.5. The minimum absolute atomic E-state index is 1.17. The lowest BCUT2D eigenvalue weighted by molar-refractivity contribution is 0.647. The summed E-state index contributed by atoms with van der Waals surface area (Å²) in [5, 5.41) is 0. The topological polar surface area (TPSA) is 0 Å². The molecule has 23 heavy (non-hydrogen) atoms. The zero-order valence-corrected chi connectivity index (χ0v) is 18.8. The fraction of sp³-hybridized carbons (Fsp3) is 0.667. The van der Waals surface area contributed by atoms with Gasteiger partial charge in [-0.05, 0) is 42.9 Å². The summed E-state index contributed by atoms with van der Waals surface area (Å²) in [7, 11) is 0. The highest BCUT2D eigenvalue weighted by Crippen LogP contribution is 2.70. The van der Waals surface area contributed by atoms with Crippen molar-refractivity contribution in [3.8, 4) is 0 Å². The number of unbranched alkanes of at least 4 members (excludes halogenated alkanes) is 6. The fourth-order valence-corrected chi connectivity index (χ4v) is 7.14. The first-order valence-corrected chi connectivity index (χ1v) is 15.4. The van der Waals surface area contributed by atoms with E-state index in [1.54, 1.807) is 11.4 Å². The number of hydrogen-bond acceptors (Lipinski definition) is 2. The van der Waals surface area contributed by atoms with Gasteiger partial charge in [0.05, 0.1) is 0 Å². The third kappa shape index (κ3) is 9.84. The molecule has 1 aromatic carbocycles. The third-order valence-electron chi connectivity index (χ3n) is 4.03. The van der Waals surface area contributed by atoms with Crippen LogP contribution in [0.5, 0.6) is 0 Å². The van der Waals surface area contributed by atoms with Crippen LogP contribution in [0, 0.1) is 0 Å².